The van der Waals surface area contributed by atoms with E-state index in [1.807, 2.05) is 12.2 Å². The molecule has 0 saturated heterocycles. The molecule has 0 saturated carbocycles. The van der Waals surface area contributed by atoms with Crippen molar-refractivity contribution in [2.75, 3.05) is 39.6 Å². The molecule has 0 aromatic rings. The van der Waals surface area contributed by atoms with Crippen molar-refractivity contribution in [2.45, 2.75) is 329 Å². The number of unbranched alkanes of at least 4 members (excludes halogenated alkanes) is 26. The SMILES string of the molecule is CC/C=C\C/C=C\C/C=C\C/C=C\C/C=C\CCCCCC(=O)OCC(COP(=O)(O)OCC(O)COP(=O)(O)OCC(COC(=O)CCCCCCC/C=C\CCCCCCCC)OC(=O)CCCCCCCCCCCCCCC)OC(=O)C/C=C\C/C=C\C/C=C\C/C=C\C/C=C\CC. The normalized spacial score (nSPS) is 14.6. The van der Waals surface area contributed by atoms with Crippen molar-refractivity contribution in [1.82, 2.24) is 0 Å². The Morgan fingerprint density at radius 3 is 0.892 bits per heavy atom. The number of phosphoric acid groups is 2. The Bertz CT molecular complexity index is 2460. The third kappa shape index (κ3) is 73.5. The van der Waals surface area contributed by atoms with E-state index < -0.39 is 97.5 Å². The molecule has 0 aromatic heterocycles. The molecular formula is C83H140O17P2. The van der Waals surface area contributed by atoms with Gasteiger partial charge in [-0.15, -0.1) is 0 Å². The number of hydrogen-bond donors (Lipinski definition) is 3. The first-order valence-electron chi connectivity index (χ1n) is 39.4. The molecule has 5 atom stereocenters. The van der Waals surface area contributed by atoms with Gasteiger partial charge in [0, 0.05) is 19.3 Å². The minimum atomic E-state index is -5.01. The maximum Gasteiger partial charge on any atom is 0.472 e. The van der Waals surface area contributed by atoms with E-state index in [9.17, 15) is 43.2 Å². The fourth-order valence-corrected chi connectivity index (χ4v) is 11.8. The van der Waals surface area contributed by atoms with Crippen LogP contribution in [0.4, 0.5) is 0 Å². The molecule has 17 nitrogen and oxygen atoms in total. The van der Waals surface area contributed by atoms with Crippen molar-refractivity contribution < 1.29 is 80.2 Å². The summed E-state index contributed by atoms with van der Waals surface area (Å²) in [7, 11) is -10.00. The van der Waals surface area contributed by atoms with Crippen molar-refractivity contribution in [1.29, 1.82) is 0 Å². The van der Waals surface area contributed by atoms with Gasteiger partial charge in [-0.05, 0) is 122 Å². The van der Waals surface area contributed by atoms with Crippen molar-refractivity contribution in [3.63, 3.8) is 0 Å². The summed E-state index contributed by atoms with van der Waals surface area (Å²) >= 11 is 0. The zero-order valence-electron chi connectivity index (χ0n) is 63.7. The smallest absolute Gasteiger partial charge is 0.462 e. The summed E-state index contributed by atoms with van der Waals surface area (Å²) in [4.78, 5) is 72.9. The van der Waals surface area contributed by atoms with Crippen LogP contribution in [0.25, 0.3) is 0 Å². The van der Waals surface area contributed by atoms with Crippen molar-refractivity contribution in [3.8, 4) is 0 Å². The average Bonchev–Trinajstić information content (AvgIpc) is 0.924. The first-order chi connectivity index (χ1) is 49.7. The number of allylic oxidation sites excluding steroid dienone is 21. The van der Waals surface area contributed by atoms with Gasteiger partial charge in [-0.2, -0.15) is 0 Å². The molecule has 0 heterocycles. The molecule has 0 aliphatic carbocycles. The van der Waals surface area contributed by atoms with Crippen LogP contribution in [0.15, 0.2) is 134 Å². The molecule has 0 fully saturated rings. The molecule has 102 heavy (non-hydrogen) atoms. The second-order valence-electron chi connectivity index (χ2n) is 25.9. The average molecular weight is 1470 g/mol. The summed E-state index contributed by atoms with van der Waals surface area (Å²) in [6.45, 7) is 4.49. The van der Waals surface area contributed by atoms with Crippen LogP contribution < -0.4 is 0 Å². The van der Waals surface area contributed by atoms with Crippen LogP contribution in [-0.4, -0.2) is 96.7 Å². The van der Waals surface area contributed by atoms with Gasteiger partial charge in [0.1, 0.15) is 19.3 Å². The molecule has 19 heteroatoms. The van der Waals surface area contributed by atoms with E-state index in [0.29, 0.717) is 25.7 Å². The molecule has 0 aliphatic rings. The fourth-order valence-electron chi connectivity index (χ4n) is 10.2. The van der Waals surface area contributed by atoms with Crippen molar-refractivity contribution >= 4 is 39.5 Å². The second kappa shape index (κ2) is 74.5. The maximum atomic E-state index is 13.1. The van der Waals surface area contributed by atoms with E-state index in [-0.39, 0.29) is 25.7 Å². The Labute approximate surface area is 618 Å². The van der Waals surface area contributed by atoms with Gasteiger partial charge in [-0.3, -0.25) is 37.3 Å². The zero-order valence-corrected chi connectivity index (χ0v) is 65.5. The lowest BCUT2D eigenvalue weighted by Crippen LogP contribution is -2.30. The van der Waals surface area contributed by atoms with Gasteiger partial charge < -0.3 is 33.8 Å². The molecule has 0 rings (SSSR count). The van der Waals surface area contributed by atoms with Gasteiger partial charge in [0.25, 0.3) is 0 Å². The van der Waals surface area contributed by atoms with E-state index in [0.717, 1.165) is 141 Å². The number of hydrogen-bond acceptors (Lipinski definition) is 15. The van der Waals surface area contributed by atoms with Crippen molar-refractivity contribution in [3.05, 3.63) is 134 Å². The predicted octanol–water partition coefficient (Wildman–Crippen LogP) is 22.9. The number of ether oxygens (including phenoxy) is 4. The number of rotatable bonds is 73. The number of aliphatic hydroxyl groups excluding tert-OH is 1. The summed E-state index contributed by atoms with van der Waals surface area (Å²) < 4.78 is 68.4. The van der Waals surface area contributed by atoms with Gasteiger partial charge >= 0.3 is 39.5 Å². The van der Waals surface area contributed by atoms with Gasteiger partial charge in [0.15, 0.2) is 12.2 Å². The molecule has 0 amide bonds. The standard InChI is InChI=1S/C83H140O17P2/c1-5-9-13-17-21-25-29-33-36-37-38-39-42-45-48-52-56-60-64-68-81(86)94-74-79(100-83(88)70-66-62-58-54-50-46-41-35-31-27-23-19-15-11-7-3)76-98-102(91,92)96-72-77(84)71-95-101(89,90)97-75-78(99-82(87)69-65-61-57-53-49-43-32-28-24-20-16-12-8-4)73-93-80(85)67-63-59-55-51-47-44-40-34-30-26-22-18-14-10-6-2/h9,11,13,15,21,23,25,27,33-36,38-41,45,48,50,54,62,66,77-79,84H,5-8,10,12,14,16-20,22,24,26,28-32,37,42-44,46-47,49,51-53,55-61,63-65,67-76H2,1-4H3,(H,89,90)(H,91,92)/b13-9-,15-11-,25-21-,27-23-,36-33-,39-38-,40-34-,41-35-,48-45-,54-50-,66-62-. The minimum absolute atomic E-state index is 0.0917. The number of carbonyl (C=O) groups is 4. The summed E-state index contributed by atoms with van der Waals surface area (Å²) in [5.41, 5.74) is 0. The second-order valence-corrected chi connectivity index (χ2v) is 28.8. The Balaban J connectivity index is 5.45. The topological polar surface area (TPSA) is 237 Å². The van der Waals surface area contributed by atoms with Crippen LogP contribution >= 0.6 is 15.6 Å². The van der Waals surface area contributed by atoms with E-state index in [1.165, 1.54) is 89.9 Å². The predicted molar refractivity (Wildman–Crippen MR) is 418 cm³/mol. The van der Waals surface area contributed by atoms with E-state index in [1.54, 1.807) is 12.2 Å². The van der Waals surface area contributed by atoms with Gasteiger partial charge in [-0.1, -0.05) is 296 Å². The monoisotopic (exact) mass is 1470 g/mol. The summed E-state index contributed by atoms with van der Waals surface area (Å²) in [6, 6.07) is 0. The zero-order chi connectivity index (χ0) is 74.6. The summed E-state index contributed by atoms with van der Waals surface area (Å²) in [5.74, 6) is -2.36. The Kier molecular flexibility index (Phi) is 71.0. The van der Waals surface area contributed by atoms with Crippen LogP contribution in [0.3, 0.4) is 0 Å². The first-order valence-corrected chi connectivity index (χ1v) is 42.4. The molecule has 584 valence electrons. The molecule has 0 spiro atoms. The lowest BCUT2D eigenvalue weighted by molar-refractivity contribution is -0.161. The quantitative estimate of drug-likeness (QED) is 0.0169. The van der Waals surface area contributed by atoms with Gasteiger partial charge in [-0.25, -0.2) is 9.13 Å². The summed E-state index contributed by atoms with van der Waals surface area (Å²) in [5, 5.41) is 10.6. The molecule has 3 N–H and O–H groups in total. The molecule has 0 radical (unpaired) electrons. The minimum Gasteiger partial charge on any atom is -0.462 e. The third-order valence-corrected chi connectivity index (χ3v) is 18.0. The molecule has 0 aromatic carbocycles. The Morgan fingerprint density at radius 1 is 0.294 bits per heavy atom. The summed E-state index contributed by atoms with van der Waals surface area (Å²) in [6.07, 6.45) is 83.3. The largest absolute Gasteiger partial charge is 0.472 e. The van der Waals surface area contributed by atoms with Crippen LogP contribution in [0.5, 0.6) is 0 Å². The van der Waals surface area contributed by atoms with Crippen LogP contribution in [0.2, 0.25) is 0 Å². The van der Waals surface area contributed by atoms with E-state index >= 15 is 0 Å². The lowest BCUT2D eigenvalue weighted by atomic mass is 10.0. The number of carbonyl (C=O) groups excluding carboxylic acids is 4. The van der Waals surface area contributed by atoms with Crippen LogP contribution in [0, 0.1) is 0 Å². The maximum absolute atomic E-state index is 13.1. The number of aliphatic hydroxyl groups is 1. The van der Waals surface area contributed by atoms with E-state index in [2.05, 4.69) is 137 Å². The Hall–Kier alpha value is -4.80. The third-order valence-electron chi connectivity index (χ3n) is 16.1. The molecular weight excluding hydrogens is 1330 g/mol. The van der Waals surface area contributed by atoms with Gasteiger partial charge in [0.05, 0.1) is 32.8 Å². The molecule has 5 unspecified atom stereocenters. The highest BCUT2D eigenvalue weighted by Gasteiger charge is 2.30. The highest BCUT2D eigenvalue weighted by Crippen LogP contribution is 2.45. The highest BCUT2D eigenvalue weighted by atomic mass is 31.2. The lowest BCUT2D eigenvalue weighted by Gasteiger charge is -2.21. The van der Waals surface area contributed by atoms with Gasteiger partial charge in [0.2, 0.25) is 0 Å². The highest BCUT2D eigenvalue weighted by molar-refractivity contribution is 7.47. The fraction of sp³-hybridized carbons (Fsp3) is 0.687. The van der Waals surface area contributed by atoms with Crippen LogP contribution in [0.1, 0.15) is 310 Å². The molecule has 0 bridgehead atoms. The number of esters is 4. The number of phosphoric ester groups is 2. The first kappa shape index (κ1) is 97.2. The molecule has 0 aliphatic heterocycles. The Morgan fingerprint density at radius 2 is 0.549 bits per heavy atom. The van der Waals surface area contributed by atoms with E-state index in [4.69, 9.17) is 37.0 Å². The van der Waals surface area contributed by atoms with Crippen molar-refractivity contribution in [2.24, 2.45) is 0 Å². The van der Waals surface area contributed by atoms with Crippen LogP contribution in [-0.2, 0) is 65.4 Å².